The van der Waals surface area contributed by atoms with Crippen molar-refractivity contribution in [2.24, 2.45) is 5.92 Å². The second kappa shape index (κ2) is 13.2. The Morgan fingerprint density at radius 1 is 1.00 bits per heavy atom. The quantitative estimate of drug-likeness (QED) is 0.184. The number of rotatable bonds is 13. The number of oxazole rings is 1. The molecule has 2 aromatic carbocycles. The molecule has 0 saturated heterocycles. The zero-order chi connectivity index (χ0) is 27.8. The Morgan fingerprint density at radius 2 is 1.77 bits per heavy atom. The Labute approximate surface area is 235 Å². The van der Waals surface area contributed by atoms with Crippen LogP contribution < -0.4 is 10.0 Å². The maximum atomic E-state index is 13.0. The number of hydrogen-bond acceptors (Lipinski definition) is 7. The molecule has 0 aliphatic heterocycles. The molecule has 8 nitrogen and oxygen atoms in total. The van der Waals surface area contributed by atoms with Gasteiger partial charge in [0.15, 0.2) is 0 Å². The molecular weight excluding hydrogens is 524 g/mol. The van der Waals surface area contributed by atoms with Crippen LogP contribution in [0.15, 0.2) is 88.6 Å². The van der Waals surface area contributed by atoms with Crippen molar-refractivity contribution >= 4 is 15.7 Å². The molecular formula is C31H36N4O4S. The number of sulfonamides is 1. The number of aliphatic hydroxyl groups is 1. The van der Waals surface area contributed by atoms with Gasteiger partial charge in [-0.25, -0.2) is 13.4 Å². The van der Waals surface area contributed by atoms with Crippen molar-refractivity contribution in [1.82, 2.24) is 15.3 Å². The monoisotopic (exact) mass is 560 g/mol. The molecule has 5 rings (SSSR count). The molecule has 0 amide bonds. The number of aliphatic hydroxyl groups excluding tert-OH is 1. The number of nitrogens with one attached hydrogen (secondary N) is 2. The van der Waals surface area contributed by atoms with Crippen LogP contribution in [0.1, 0.15) is 55.0 Å². The van der Waals surface area contributed by atoms with E-state index in [4.69, 9.17) is 4.42 Å². The van der Waals surface area contributed by atoms with Crippen LogP contribution in [-0.4, -0.2) is 36.6 Å². The second-order valence-corrected chi connectivity index (χ2v) is 12.1. The lowest BCUT2D eigenvalue weighted by Crippen LogP contribution is -2.23. The average Bonchev–Trinajstić information content (AvgIpc) is 3.68. The molecule has 4 aromatic rings. The Kier molecular flexibility index (Phi) is 9.26. The first-order valence-corrected chi connectivity index (χ1v) is 15.4. The van der Waals surface area contributed by atoms with Gasteiger partial charge in [0.05, 0.1) is 16.7 Å². The third-order valence-corrected chi connectivity index (χ3v) is 8.85. The first-order valence-electron chi connectivity index (χ1n) is 13.9. The van der Waals surface area contributed by atoms with Gasteiger partial charge in [-0.15, -0.1) is 0 Å². The van der Waals surface area contributed by atoms with Gasteiger partial charge in [0.2, 0.25) is 5.89 Å². The lowest BCUT2D eigenvalue weighted by atomic mass is 10.0. The third kappa shape index (κ3) is 7.56. The van der Waals surface area contributed by atoms with Crippen molar-refractivity contribution < 1.29 is 17.9 Å². The van der Waals surface area contributed by atoms with Crippen molar-refractivity contribution in [1.29, 1.82) is 0 Å². The Balaban J connectivity index is 1.10. The van der Waals surface area contributed by atoms with Crippen LogP contribution in [0.3, 0.4) is 0 Å². The fourth-order valence-corrected chi connectivity index (χ4v) is 6.16. The molecule has 40 heavy (non-hydrogen) atoms. The smallest absolute Gasteiger partial charge is 0.261 e. The molecule has 1 aliphatic rings. The molecule has 0 spiro atoms. The minimum absolute atomic E-state index is 0.171. The van der Waals surface area contributed by atoms with Crippen LogP contribution in [0.5, 0.6) is 0 Å². The van der Waals surface area contributed by atoms with Crippen LogP contribution in [0.4, 0.5) is 5.69 Å². The summed E-state index contributed by atoms with van der Waals surface area (Å²) >= 11 is 0. The predicted octanol–water partition coefficient (Wildman–Crippen LogP) is 5.53. The number of anilines is 1. The topological polar surface area (TPSA) is 117 Å². The molecule has 1 aliphatic carbocycles. The normalized spacial score (nSPS) is 14.8. The summed E-state index contributed by atoms with van der Waals surface area (Å²) in [4.78, 5) is 8.80. The summed E-state index contributed by atoms with van der Waals surface area (Å²) in [7, 11) is -3.74. The van der Waals surface area contributed by atoms with E-state index in [1.54, 1.807) is 61.1 Å². The van der Waals surface area contributed by atoms with E-state index in [0.29, 0.717) is 24.7 Å². The van der Waals surface area contributed by atoms with Crippen LogP contribution in [-0.2, 0) is 22.9 Å². The van der Waals surface area contributed by atoms with E-state index < -0.39 is 16.1 Å². The molecule has 3 N–H and O–H groups in total. The van der Waals surface area contributed by atoms with Crippen LogP contribution >= 0.6 is 0 Å². The van der Waals surface area contributed by atoms with E-state index in [0.717, 1.165) is 47.6 Å². The van der Waals surface area contributed by atoms with Crippen LogP contribution in [0.2, 0.25) is 0 Å². The van der Waals surface area contributed by atoms with Gasteiger partial charge in [0, 0.05) is 35.8 Å². The zero-order valence-corrected chi connectivity index (χ0v) is 23.3. The molecule has 9 heteroatoms. The van der Waals surface area contributed by atoms with Crippen molar-refractivity contribution in [2.45, 2.75) is 55.9 Å². The maximum absolute atomic E-state index is 13.0. The van der Waals surface area contributed by atoms with Crippen LogP contribution in [0, 0.1) is 5.92 Å². The third-order valence-electron chi connectivity index (χ3n) is 7.45. The van der Waals surface area contributed by atoms with E-state index in [2.05, 4.69) is 20.0 Å². The summed E-state index contributed by atoms with van der Waals surface area (Å²) in [5.74, 6) is 1.31. The van der Waals surface area contributed by atoms with Crippen molar-refractivity contribution in [3.8, 4) is 11.5 Å². The van der Waals surface area contributed by atoms with Gasteiger partial charge in [0.25, 0.3) is 10.0 Å². The van der Waals surface area contributed by atoms with E-state index in [9.17, 15) is 13.5 Å². The summed E-state index contributed by atoms with van der Waals surface area (Å²) in [6.07, 6.45) is 12.5. The lowest BCUT2D eigenvalue weighted by molar-refractivity contribution is 0.174. The fraction of sp³-hybridized carbons (Fsp3) is 0.355. The van der Waals surface area contributed by atoms with E-state index in [1.807, 2.05) is 18.2 Å². The van der Waals surface area contributed by atoms with Gasteiger partial charge in [-0.3, -0.25) is 9.71 Å². The zero-order valence-electron chi connectivity index (χ0n) is 22.5. The first-order chi connectivity index (χ1) is 19.5. The minimum Gasteiger partial charge on any atom is -0.444 e. The number of hydrogen-bond donors (Lipinski definition) is 3. The number of aromatic nitrogens is 2. The Hall–Kier alpha value is -3.53. The molecule has 1 saturated carbocycles. The predicted molar refractivity (Wildman–Crippen MR) is 155 cm³/mol. The van der Waals surface area contributed by atoms with Gasteiger partial charge in [-0.1, -0.05) is 43.9 Å². The van der Waals surface area contributed by atoms with Crippen molar-refractivity contribution in [3.05, 3.63) is 96.1 Å². The maximum Gasteiger partial charge on any atom is 0.261 e. The summed E-state index contributed by atoms with van der Waals surface area (Å²) in [6, 6.07) is 17.5. The van der Waals surface area contributed by atoms with E-state index >= 15 is 0 Å². The minimum atomic E-state index is -3.74. The van der Waals surface area contributed by atoms with Crippen LogP contribution in [0.25, 0.3) is 11.5 Å². The lowest BCUT2D eigenvalue weighted by Gasteiger charge is -2.12. The molecule has 1 atom stereocenters. The molecule has 0 bridgehead atoms. The molecule has 2 aromatic heterocycles. The van der Waals surface area contributed by atoms with Gasteiger partial charge in [-0.05, 0) is 79.8 Å². The fourth-order valence-electron chi connectivity index (χ4n) is 5.10. The SMILES string of the molecule is O=S(=O)(Nc1ccc(CCNC[C@H](O)c2cccnc2)cc1)c1ccc(-c2nc(CCC3CCCC3)co2)cc1. The molecule has 1 fully saturated rings. The summed E-state index contributed by atoms with van der Waals surface area (Å²) in [5.41, 5.74) is 4.02. The Bertz CT molecular complexity index is 1450. The van der Waals surface area contributed by atoms with Crippen molar-refractivity contribution in [3.63, 3.8) is 0 Å². The standard InChI is InChI=1S/C31H36N4O4S/c36-30(26-6-3-18-32-20-26)21-33-19-17-24-7-12-27(13-8-24)35-40(37,38)29-15-10-25(11-16-29)31-34-28(22-39-31)14-9-23-4-1-2-5-23/h3,6-8,10-13,15-16,18,20,22-23,30,33,35-36H,1-2,4-5,9,14,17,19,21H2/t30-/m0/s1. The van der Waals surface area contributed by atoms with Gasteiger partial charge < -0.3 is 14.8 Å². The number of pyridine rings is 1. The molecule has 210 valence electrons. The highest BCUT2D eigenvalue weighted by Gasteiger charge is 2.17. The Morgan fingerprint density at radius 3 is 2.50 bits per heavy atom. The molecule has 0 unspecified atom stereocenters. The summed E-state index contributed by atoms with van der Waals surface area (Å²) in [6.45, 7) is 1.11. The highest BCUT2D eigenvalue weighted by Crippen LogP contribution is 2.29. The average molecular weight is 561 g/mol. The largest absolute Gasteiger partial charge is 0.444 e. The number of benzene rings is 2. The number of aryl methyl sites for hydroxylation is 1. The summed E-state index contributed by atoms with van der Waals surface area (Å²) < 4.78 is 34.2. The first kappa shape index (κ1) is 28.0. The highest BCUT2D eigenvalue weighted by atomic mass is 32.2. The van der Waals surface area contributed by atoms with Gasteiger partial charge in [-0.2, -0.15) is 0 Å². The second-order valence-electron chi connectivity index (χ2n) is 10.4. The van der Waals surface area contributed by atoms with Crippen molar-refractivity contribution in [2.75, 3.05) is 17.8 Å². The van der Waals surface area contributed by atoms with Gasteiger partial charge >= 0.3 is 0 Å². The van der Waals surface area contributed by atoms with Gasteiger partial charge in [0.1, 0.15) is 6.26 Å². The molecule has 2 heterocycles. The molecule has 0 radical (unpaired) electrons. The van der Waals surface area contributed by atoms with E-state index in [1.165, 1.54) is 25.7 Å². The number of nitrogens with zero attached hydrogens (tertiary/aromatic N) is 2. The van der Waals surface area contributed by atoms with E-state index in [-0.39, 0.29) is 4.90 Å². The summed E-state index contributed by atoms with van der Waals surface area (Å²) in [5, 5.41) is 13.4. The highest BCUT2D eigenvalue weighted by molar-refractivity contribution is 7.92.